The van der Waals surface area contributed by atoms with Crippen molar-refractivity contribution in [3.05, 3.63) is 24.3 Å². The molecule has 0 aliphatic heterocycles. The molecule has 0 heterocycles. The first-order chi connectivity index (χ1) is 9.76. The van der Waals surface area contributed by atoms with E-state index in [0.29, 0.717) is 12.1 Å². The number of amides is 1. The molecular formula is C13H18N2O5S. The molecule has 0 radical (unpaired) electrons. The van der Waals surface area contributed by atoms with Gasteiger partial charge >= 0.3 is 5.97 Å². The van der Waals surface area contributed by atoms with Crippen LogP contribution >= 0.6 is 0 Å². The number of sulfonamides is 1. The molecule has 1 amide bonds. The second-order valence-electron chi connectivity index (χ2n) is 4.51. The molecule has 1 atom stereocenters. The Hall–Kier alpha value is -1.93. The first kappa shape index (κ1) is 17.1. The largest absolute Gasteiger partial charge is 0.480 e. The number of anilines is 1. The van der Waals surface area contributed by atoms with Gasteiger partial charge in [0.15, 0.2) is 0 Å². The molecule has 0 fully saturated rings. The van der Waals surface area contributed by atoms with Crippen LogP contribution in [0.4, 0.5) is 5.69 Å². The van der Waals surface area contributed by atoms with Crippen LogP contribution in [0.25, 0.3) is 0 Å². The van der Waals surface area contributed by atoms with E-state index in [2.05, 4.69) is 10.0 Å². The molecule has 0 unspecified atom stereocenters. The van der Waals surface area contributed by atoms with Gasteiger partial charge < -0.3 is 10.4 Å². The lowest BCUT2D eigenvalue weighted by molar-refractivity contribution is -0.139. The van der Waals surface area contributed by atoms with Gasteiger partial charge in [0.1, 0.15) is 6.04 Å². The number of carbonyl (C=O) groups is 2. The molecule has 0 aliphatic carbocycles. The highest BCUT2D eigenvalue weighted by molar-refractivity contribution is 7.89. The van der Waals surface area contributed by atoms with E-state index < -0.39 is 22.0 Å². The smallest absolute Gasteiger partial charge is 0.321 e. The van der Waals surface area contributed by atoms with Gasteiger partial charge in [-0.25, -0.2) is 8.42 Å². The van der Waals surface area contributed by atoms with E-state index in [-0.39, 0.29) is 17.2 Å². The van der Waals surface area contributed by atoms with E-state index in [4.69, 9.17) is 5.11 Å². The number of aliphatic carboxylic acids is 1. The van der Waals surface area contributed by atoms with Crippen LogP contribution in [-0.2, 0) is 19.6 Å². The average Bonchev–Trinajstić information content (AvgIpc) is 2.37. The predicted molar refractivity (Wildman–Crippen MR) is 77.4 cm³/mol. The lowest BCUT2D eigenvalue weighted by Crippen LogP contribution is -2.40. The molecule has 3 N–H and O–H groups in total. The summed E-state index contributed by atoms with van der Waals surface area (Å²) in [7, 11) is -3.92. The zero-order valence-electron chi connectivity index (χ0n) is 11.8. The Morgan fingerprint density at radius 1 is 1.24 bits per heavy atom. The minimum Gasteiger partial charge on any atom is -0.480 e. The molecule has 116 valence electrons. The summed E-state index contributed by atoms with van der Waals surface area (Å²) >= 11 is 0. The summed E-state index contributed by atoms with van der Waals surface area (Å²) in [5.74, 6) is -1.48. The predicted octanol–water partition coefficient (Wildman–Crippen LogP) is 1.18. The van der Waals surface area contributed by atoms with Crippen molar-refractivity contribution in [3.8, 4) is 0 Å². The van der Waals surface area contributed by atoms with Crippen molar-refractivity contribution in [1.82, 2.24) is 4.72 Å². The van der Waals surface area contributed by atoms with Crippen molar-refractivity contribution in [2.24, 2.45) is 0 Å². The van der Waals surface area contributed by atoms with Crippen molar-refractivity contribution in [3.63, 3.8) is 0 Å². The Morgan fingerprint density at radius 3 is 2.24 bits per heavy atom. The molecule has 1 aromatic rings. The summed E-state index contributed by atoms with van der Waals surface area (Å²) in [5.41, 5.74) is 0.463. The highest BCUT2D eigenvalue weighted by Crippen LogP contribution is 2.15. The number of carboxylic acid groups (broad SMARTS) is 1. The van der Waals surface area contributed by atoms with E-state index in [9.17, 15) is 18.0 Å². The monoisotopic (exact) mass is 314 g/mol. The Bertz CT molecular complexity index is 610. The van der Waals surface area contributed by atoms with E-state index in [1.54, 1.807) is 6.92 Å². The number of nitrogens with one attached hydrogen (secondary N) is 2. The molecule has 1 rings (SSSR count). The van der Waals surface area contributed by atoms with E-state index in [1.807, 2.05) is 0 Å². The molecular weight excluding hydrogens is 296 g/mol. The van der Waals surface area contributed by atoms with Gasteiger partial charge in [-0.2, -0.15) is 4.72 Å². The minimum absolute atomic E-state index is 0.0565. The van der Waals surface area contributed by atoms with Crippen LogP contribution < -0.4 is 10.0 Å². The van der Waals surface area contributed by atoms with Gasteiger partial charge in [0.25, 0.3) is 0 Å². The molecule has 0 aliphatic rings. The molecule has 0 aromatic heterocycles. The second-order valence-corrected chi connectivity index (χ2v) is 6.22. The SMILES string of the molecule is CCC[C@@H](NS(=O)(=O)c1ccc(NC(C)=O)cc1)C(=O)O. The Labute approximate surface area is 123 Å². The van der Waals surface area contributed by atoms with Crippen LogP contribution in [0.15, 0.2) is 29.2 Å². The van der Waals surface area contributed by atoms with E-state index >= 15 is 0 Å². The van der Waals surface area contributed by atoms with Crippen molar-refractivity contribution in [1.29, 1.82) is 0 Å². The number of hydrogen-bond acceptors (Lipinski definition) is 4. The van der Waals surface area contributed by atoms with Gasteiger partial charge in [-0.05, 0) is 30.7 Å². The Kier molecular flexibility index (Phi) is 5.86. The highest BCUT2D eigenvalue weighted by Gasteiger charge is 2.24. The van der Waals surface area contributed by atoms with Gasteiger partial charge in [0.05, 0.1) is 4.90 Å². The van der Waals surface area contributed by atoms with Crippen LogP contribution in [-0.4, -0.2) is 31.4 Å². The van der Waals surface area contributed by atoms with Gasteiger partial charge in [-0.15, -0.1) is 0 Å². The normalized spacial score (nSPS) is 12.7. The molecule has 0 saturated heterocycles. The fourth-order valence-electron chi connectivity index (χ4n) is 1.70. The second kappa shape index (κ2) is 7.19. The lowest BCUT2D eigenvalue weighted by atomic mass is 10.2. The van der Waals surface area contributed by atoms with Crippen LogP contribution in [0.1, 0.15) is 26.7 Å². The summed E-state index contributed by atoms with van der Waals surface area (Å²) in [5, 5.41) is 11.5. The van der Waals surface area contributed by atoms with Crippen LogP contribution in [0.3, 0.4) is 0 Å². The summed E-state index contributed by atoms with van der Waals surface area (Å²) in [6, 6.07) is 4.32. The quantitative estimate of drug-likeness (QED) is 0.699. The molecule has 21 heavy (non-hydrogen) atoms. The third kappa shape index (κ3) is 5.16. The van der Waals surface area contributed by atoms with Crippen LogP contribution in [0.2, 0.25) is 0 Å². The summed E-state index contributed by atoms with van der Waals surface area (Å²) < 4.78 is 26.3. The first-order valence-corrected chi connectivity index (χ1v) is 7.87. The zero-order chi connectivity index (χ0) is 16.0. The standard InChI is InChI=1S/C13H18N2O5S/c1-3-4-12(13(17)18)15-21(19,20)11-7-5-10(6-8-11)14-9(2)16/h5-8,12,15H,3-4H2,1-2H3,(H,14,16)(H,17,18)/t12-/m1/s1. The maximum Gasteiger partial charge on any atom is 0.321 e. The van der Waals surface area contributed by atoms with Crippen LogP contribution in [0, 0.1) is 0 Å². The first-order valence-electron chi connectivity index (χ1n) is 6.39. The van der Waals surface area contributed by atoms with Crippen LogP contribution in [0.5, 0.6) is 0 Å². The molecule has 1 aromatic carbocycles. The van der Waals surface area contributed by atoms with Crippen molar-refractivity contribution in [2.75, 3.05) is 5.32 Å². The minimum atomic E-state index is -3.92. The van der Waals surface area contributed by atoms with E-state index in [0.717, 1.165) is 0 Å². The summed E-state index contributed by atoms with van der Waals surface area (Å²) in [4.78, 5) is 21.8. The summed E-state index contributed by atoms with van der Waals surface area (Å²) in [6.45, 7) is 3.11. The molecule has 0 saturated carbocycles. The Morgan fingerprint density at radius 2 is 1.81 bits per heavy atom. The van der Waals surface area contributed by atoms with Crippen molar-refractivity contribution in [2.45, 2.75) is 37.6 Å². The number of benzene rings is 1. The van der Waals surface area contributed by atoms with Gasteiger partial charge in [0, 0.05) is 12.6 Å². The number of rotatable bonds is 7. The number of hydrogen-bond donors (Lipinski definition) is 3. The third-order valence-corrected chi connectivity index (χ3v) is 4.15. The maximum absolute atomic E-state index is 12.1. The zero-order valence-corrected chi connectivity index (χ0v) is 12.6. The van der Waals surface area contributed by atoms with E-state index in [1.165, 1.54) is 31.2 Å². The van der Waals surface area contributed by atoms with Gasteiger partial charge in [0.2, 0.25) is 15.9 Å². The maximum atomic E-state index is 12.1. The summed E-state index contributed by atoms with van der Waals surface area (Å²) in [6.07, 6.45) is 0.749. The third-order valence-electron chi connectivity index (χ3n) is 2.66. The topological polar surface area (TPSA) is 113 Å². The molecule has 8 heteroatoms. The fraction of sp³-hybridized carbons (Fsp3) is 0.385. The molecule has 0 spiro atoms. The van der Waals surface area contributed by atoms with Crippen molar-refractivity contribution >= 4 is 27.6 Å². The number of carbonyl (C=O) groups excluding carboxylic acids is 1. The lowest BCUT2D eigenvalue weighted by Gasteiger charge is -2.14. The Balaban J connectivity index is 2.91. The van der Waals surface area contributed by atoms with Gasteiger partial charge in [-0.3, -0.25) is 9.59 Å². The number of carboxylic acids is 1. The molecule has 0 bridgehead atoms. The average molecular weight is 314 g/mol. The van der Waals surface area contributed by atoms with Gasteiger partial charge in [-0.1, -0.05) is 13.3 Å². The fourth-order valence-corrected chi connectivity index (χ4v) is 2.92. The highest BCUT2D eigenvalue weighted by atomic mass is 32.2. The van der Waals surface area contributed by atoms with Crippen molar-refractivity contribution < 1.29 is 23.1 Å². The molecule has 7 nitrogen and oxygen atoms in total.